The molecule has 2 heterocycles. The van der Waals surface area contributed by atoms with Crippen molar-refractivity contribution >= 4 is 11.6 Å². The highest BCUT2D eigenvalue weighted by molar-refractivity contribution is 5.92. The molecule has 0 bridgehead atoms. The Morgan fingerprint density at radius 3 is 2.65 bits per heavy atom. The zero-order valence-electron chi connectivity index (χ0n) is 14.3. The lowest BCUT2D eigenvalue weighted by molar-refractivity contribution is -0.115. The maximum Gasteiger partial charge on any atom is 0.230 e. The zero-order valence-corrected chi connectivity index (χ0v) is 14.3. The average molecular weight is 350 g/mol. The van der Waals surface area contributed by atoms with Crippen LogP contribution in [0.15, 0.2) is 52.9 Å². The van der Waals surface area contributed by atoms with Crippen molar-refractivity contribution < 1.29 is 18.7 Å². The molecule has 0 atom stereocenters. The number of nitrogens with one attached hydrogen (secondary N) is 1. The highest BCUT2D eigenvalue weighted by Gasteiger charge is 2.16. The third kappa shape index (κ3) is 3.39. The summed E-state index contributed by atoms with van der Waals surface area (Å²) >= 11 is 0. The van der Waals surface area contributed by atoms with Gasteiger partial charge in [0, 0.05) is 17.3 Å². The Morgan fingerprint density at radius 2 is 1.85 bits per heavy atom. The second-order valence-corrected chi connectivity index (χ2v) is 5.97. The number of aryl methyl sites for hydroxylation is 1. The Morgan fingerprint density at radius 1 is 1.08 bits per heavy atom. The van der Waals surface area contributed by atoms with Crippen LogP contribution in [0.25, 0.3) is 11.5 Å². The van der Waals surface area contributed by atoms with Crippen LogP contribution in [-0.2, 0) is 11.2 Å². The van der Waals surface area contributed by atoms with E-state index in [9.17, 15) is 4.79 Å². The van der Waals surface area contributed by atoms with E-state index in [0.717, 1.165) is 5.56 Å². The van der Waals surface area contributed by atoms with E-state index >= 15 is 0 Å². The number of aromatic nitrogens is 1. The van der Waals surface area contributed by atoms with Crippen LogP contribution in [0.4, 0.5) is 5.69 Å². The van der Waals surface area contributed by atoms with Crippen molar-refractivity contribution in [1.82, 2.24) is 4.98 Å². The highest BCUT2D eigenvalue weighted by atomic mass is 16.6. The normalized spacial score (nSPS) is 12.7. The first-order valence-corrected chi connectivity index (χ1v) is 8.40. The maximum atomic E-state index is 12.4. The number of nitrogens with zero attached hydrogens (tertiary/aromatic N) is 1. The van der Waals surface area contributed by atoms with Crippen LogP contribution in [0.1, 0.15) is 11.5 Å². The summed E-state index contributed by atoms with van der Waals surface area (Å²) in [5.41, 5.74) is 2.16. The molecule has 3 aromatic rings. The number of amides is 1. The van der Waals surface area contributed by atoms with Crippen molar-refractivity contribution in [3.8, 4) is 23.0 Å². The Bertz CT molecular complexity index is 934. The molecule has 26 heavy (non-hydrogen) atoms. The topological polar surface area (TPSA) is 73.6 Å². The van der Waals surface area contributed by atoms with Gasteiger partial charge in [-0.15, -0.1) is 0 Å². The number of carbonyl (C=O) groups is 1. The van der Waals surface area contributed by atoms with Gasteiger partial charge in [0.15, 0.2) is 11.5 Å². The molecular weight excluding hydrogens is 332 g/mol. The molecule has 1 aliphatic rings. The lowest BCUT2D eigenvalue weighted by atomic mass is 10.2. The van der Waals surface area contributed by atoms with Gasteiger partial charge in [-0.1, -0.05) is 18.2 Å². The van der Waals surface area contributed by atoms with Crippen LogP contribution < -0.4 is 14.8 Å². The van der Waals surface area contributed by atoms with E-state index in [1.165, 1.54) is 0 Å². The fourth-order valence-electron chi connectivity index (χ4n) is 2.77. The molecular formula is C20H18N2O4. The molecule has 4 rings (SSSR count). The third-order valence-electron chi connectivity index (χ3n) is 4.07. The van der Waals surface area contributed by atoms with Crippen LogP contribution in [0.2, 0.25) is 0 Å². The summed E-state index contributed by atoms with van der Waals surface area (Å²) in [5.74, 6) is 2.32. The summed E-state index contributed by atoms with van der Waals surface area (Å²) in [7, 11) is 0. The summed E-state index contributed by atoms with van der Waals surface area (Å²) in [6.07, 6.45) is 0.136. The molecule has 0 spiro atoms. The Balaban J connectivity index is 1.46. The quantitative estimate of drug-likeness (QED) is 0.778. The lowest BCUT2D eigenvalue weighted by Gasteiger charge is -2.18. The maximum absolute atomic E-state index is 12.4. The lowest BCUT2D eigenvalue weighted by Crippen LogP contribution is -2.17. The van der Waals surface area contributed by atoms with Gasteiger partial charge in [0.2, 0.25) is 11.8 Å². The Hall–Kier alpha value is -3.28. The Kier molecular flexibility index (Phi) is 4.31. The molecule has 0 saturated carbocycles. The predicted octanol–water partition coefficient (Wildman–Crippen LogP) is 3.60. The number of oxazole rings is 1. The van der Waals surface area contributed by atoms with Crippen LogP contribution in [0.3, 0.4) is 0 Å². The van der Waals surface area contributed by atoms with Crippen molar-refractivity contribution in [2.45, 2.75) is 13.3 Å². The molecule has 0 unspecified atom stereocenters. The molecule has 1 amide bonds. The van der Waals surface area contributed by atoms with E-state index in [1.54, 1.807) is 18.2 Å². The smallest absolute Gasteiger partial charge is 0.230 e. The summed E-state index contributed by atoms with van der Waals surface area (Å²) in [5, 5.41) is 2.86. The number of hydrogen-bond donors (Lipinski definition) is 1. The fourth-order valence-corrected chi connectivity index (χ4v) is 2.77. The number of hydrogen-bond acceptors (Lipinski definition) is 5. The summed E-state index contributed by atoms with van der Waals surface area (Å²) in [4.78, 5) is 16.8. The highest BCUT2D eigenvalue weighted by Crippen LogP contribution is 2.32. The monoisotopic (exact) mass is 350 g/mol. The molecule has 0 aliphatic carbocycles. The van der Waals surface area contributed by atoms with E-state index in [4.69, 9.17) is 13.9 Å². The zero-order chi connectivity index (χ0) is 17.9. The van der Waals surface area contributed by atoms with Crippen LogP contribution in [-0.4, -0.2) is 24.1 Å². The SMILES string of the molecule is Cc1oc(-c2ccccc2)nc1CC(=O)Nc1ccc2c(c1)OCCO2. The first-order valence-electron chi connectivity index (χ1n) is 8.40. The van der Waals surface area contributed by atoms with E-state index < -0.39 is 0 Å². The Labute approximate surface area is 150 Å². The van der Waals surface area contributed by atoms with Gasteiger partial charge in [-0.2, -0.15) is 0 Å². The number of anilines is 1. The van der Waals surface area contributed by atoms with Crippen molar-refractivity contribution in [2.75, 3.05) is 18.5 Å². The third-order valence-corrected chi connectivity index (χ3v) is 4.07. The summed E-state index contributed by atoms with van der Waals surface area (Å²) in [6, 6.07) is 15.0. The molecule has 1 aliphatic heterocycles. The van der Waals surface area contributed by atoms with Crippen molar-refractivity contribution in [3.05, 3.63) is 60.0 Å². The number of rotatable bonds is 4. The molecule has 0 fully saturated rings. The minimum absolute atomic E-state index is 0.136. The van der Waals surface area contributed by atoms with Crippen LogP contribution >= 0.6 is 0 Å². The number of carbonyl (C=O) groups excluding carboxylic acids is 1. The number of ether oxygens (including phenoxy) is 2. The van der Waals surface area contributed by atoms with Gasteiger partial charge in [0.1, 0.15) is 19.0 Å². The van der Waals surface area contributed by atoms with Crippen molar-refractivity contribution in [2.24, 2.45) is 0 Å². The molecule has 6 nitrogen and oxygen atoms in total. The van der Waals surface area contributed by atoms with Gasteiger partial charge in [-0.25, -0.2) is 4.98 Å². The van der Waals surface area contributed by atoms with Gasteiger partial charge in [-0.3, -0.25) is 4.79 Å². The minimum atomic E-state index is -0.169. The van der Waals surface area contributed by atoms with Crippen molar-refractivity contribution in [3.63, 3.8) is 0 Å². The van der Waals surface area contributed by atoms with Crippen LogP contribution in [0.5, 0.6) is 11.5 Å². The molecule has 1 aromatic heterocycles. The van der Waals surface area contributed by atoms with Gasteiger partial charge in [0.25, 0.3) is 0 Å². The second kappa shape index (κ2) is 6.92. The first kappa shape index (κ1) is 16.2. The van der Waals surface area contributed by atoms with E-state index in [1.807, 2.05) is 37.3 Å². The van der Waals surface area contributed by atoms with E-state index in [0.29, 0.717) is 47.7 Å². The van der Waals surface area contributed by atoms with Gasteiger partial charge < -0.3 is 19.2 Å². The molecule has 6 heteroatoms. The van der Waals surface area contributed by atoms with Gasteiger partial charge >= 0.3 is 0 Å². The molecule has 0 saturated heterocycles. The number of fused-ring (bicyclic) bond motifs is 1. The minimum Gasteiger partial charge on any atom is -0.486 e. The van der Waals surface area contributed by atoms with Crippen LogP contribution in [0, 0.1) is 6.92 Å². The molecule has 0 radical (unpaired) electrons. The summed E-state index contributed by atoms with van der Waals surface area (Å²) < 4.78 is 16.7. The molecule has 1 N–H and O–H groups in total. The van der Waals surface area contributed by atoms with Gasteiger partial charge in [-0.05, 0) is 31.2 Å². The standard InChI is InChI=1S/C20H18N2O4/c1-13-16(22-20(26-13)14-5-3-2-4-6-14)12-19(23)21-15-7-8-17-18(11-15)25-10-9-24-17/h2-8,11H,9-10,12H2,1H3,(H,21,23). The largest absolute Gasteiger partial charge is 0.486 e. The molecule has 2 aromatic carbocycles. The second-order valence-electron chi connectivity index (χ2n) is 5.97. The summed E-state index contributed by atoms with van der Waals surface area (Å²) in [6.45, 7) is 2.85. The number of benzene rings is 2. The fraction of sp³-hybridized carbons (Fsp3) is 0.200. The van der Waals surface area contributed by atoms with E-state index in [-0.39, 0.29) is 12.3 Å². The van der Waals surface area contributed by atoms with E-state index in [2.05, 4.69) is 10.3 Å². The van der Waals surface area contributed by atoms with Gasteiger partial charge in [0.05, 0.1) is 12.1 Å². The predicted molar refractivity (Wildman–Crippen MR) is 96.4 cm³/mol. The average Bonchev–Trinajstić information content (AvgIpc) is 3.03. The molecule has 132 valence electrons. The van der Waals surface area contributed by atoms with Crippen molar-refractivity contribution in [1.29, 1.82) is 0 Å². The first-order chi connectivity index (χ1) is 12.7.